The highest BCUT2D eigenvalue weighted by molar-refractivity contribution is 7.89. The molecule has 0 saturated carbocycles. The van der Waals surface area contributed by atoms with E-state index < -0.39 is 15.9 Å². The molecule has 0 aliphatic carbocycles. The van der Waals surface area contributed by atoms with E-state index in [1.807, 2.05) is 0 Å². The molecule has 1 unspecified atom stereocenters. The normalized spacial score (nSPS) is 16.2. The molecule has 1 amide bonds. The van der Waals surface area contributed by atoms with Crippen molar-refractivity contribution < 1.29 is 22.7 Å². The van der Waals surface area contributed by atoms with Crippen molar-refractivity contribution in [1.82, 2.24) is 4.31 Å². The molecule has 1 heterocycles. The van der Waals surface area contributed by atoms with E-state index >= 15 is 0 Å². The second kappa shape index (κ2) is 7.98. The number of rotatable bonds is 5. The minimum absolute atomic E-state index is 0.0187. The smallest absolute Gasteiger partial charge is 0.246 e. The third-order valence-corrected chi connectivity index (χ3v) is 6.56. The number of anilines is 1. The maximum Gasteiger partial charge on any atom is 0.246 e. The van der Waals surface area contributed by atoms with E-state index in [1.54, 1.807) is 24.3 Å². The Morgan fingerprint density at radius 1 is 1.25 bits per heavy atom. The Kier molecular flexibility index (Phi) is 5.83. The van der Waals surface area contributed by atoms with Crippen molar-refractivity contribution in [3.05, 3.63) is 47.0 Å². The minimum Gasteiger partial charge on any atom is -0.495 e. The maximum atomic E-state index is 12.7. The fourth-order valence-corrected chi connectivity index (χ4v) is 4.20. The molecule has 1 aliphatic rings. The van der Waals surface area contributed by atoms with Crippen LogP contribution in [0.3, 0.4) is 0 Å². The molecule has 0 aromatic heterocycles. The molecule has 1 N–H and O–H groups in total. The van der Waals surface area contributed by atoms with Crippen molar-refractivity contribution in [2.45, 2.75) is 11.3 Å². The maximum absolute atomic E-state index is 12.7. The molecule has 2 aromatic carbocycles. The third-order valence-electron chi connectivity index (χ3n) is 4.49. The number of hydrogen-bond acceptors (Lipinski definition) is 5. The molecule has 3 rings (SSSR count). The summed E-state index contributed by atoms with van der Waals surface area (Å²) in [5, 5.41) is 3.35. The van der Waals surface area contributed by atoms with Crippen LogP contribution in [0.4, 0.5) is 5.69 Å². The monoisotopic (exact) mass is 424 g/mol. The Morgan fingerprint density at radius 2 is 2.00 bits per heavy atom. The SMILES string of the molecule is COc1ccc(NC(=O)C2COc3ccc(Cl)cc3C2)cc1S(=O)(=O)N(C)C. The zero-order chi connectivity index (χ0) is 20.5. The first-order valence-electron chi connectivity index (χ1n) is 8.55. The van der Waals surface area contributed by atoms with Crippen molar-refractivity contribution in [2.75, 3.05) is 33.1 Å². The van der Waals surface area contributed by atoms with Gasteiger partial charge in [0.15, 0.2) is 0 Å². The van der Waals surface area contributed by atoms with Crippen LogP contribution in [0, 0.1) is 5.92 Å². The average Bonchev–Trinajstić information content (AvgIpc) is 2.67. The minimum atomic E-state index is -3.73. The molecule has 0 bridgehead atoms. The van der Waals surface area contributed by atoms with Crippen LogP contribution in [0.15, 0.2) is 41.3 Å². The van der Waals surface area contributed by atoms with Gasteiger partial charge in [0.05, 0.1) is 13.0 Å². The Labute approximate surface area is 169 Å². The molecule has 0 saturated heterocycles. The number of carbonyl (C=O) groups is 1. The molecule has 1 atom stereocenters. The molecule has 28 heavy (non-hydrogen) atoms. The lowest BCUT2D eigenvalue weighted by atomic mass is 9.96. The van der Waals surface area contributed by atoms with Crippen LogP contribution < -0.4 is 14.8 Å². The number of halogens is 1. The van der Waals surface area contributed by atoms with Gasteiger partial charge in [0.1, 0.15) is 23.0 Å². The van der Waals surface area contributed by atoms with Crippen molar-refractivity contribution in [1.29, 1.82) is 0 Å². The number of amides is 1. The molecule has 0 radical (unpaired) electrons. The van der Waals surface area contributed by atoms with Crippen LogP contribution in [0.2, 0.25) is 5.02 Å². The van der Waals surface area contributed by atoms with Crippen LogP contribution in [0.1, 0.15) is 5.56 Å². The number of nitrogens with zero attached hydrogens (tertiary/aromatic N) is 1. The average molecular weight is 425 g/mol. The first-order valence-corrected chi connectivity index (χ1v) is 10.4. The van der Waals surface area contributed by atoms with Crippen LogP contribution >= 0.6 is 11.6 Å². The molecular formula is C19H21ClN2O5S. The molecule has 2 aromatic rings. The second-order valence-electron chi connectivity index (χ2n) is 6.61. The van der Waals surface area contributed by atoms with Crippen molar-refractivity contribution in [2.24, 2.45) is 5.92 Å². The second-order valence-corrected chi connectivity index (χ2v) is 9.16. The molecule has 9 heteroatoms. The fourth-order valence-electron chi connectivity index (χ4n) is 2.93. The zero-order valence-corrected chi connectivity index (χ0v) is 17.3. The first kappa shape index (κ1) is 20.4. The van der Waals surface area contributed by atoms with Crippen LogP contribution in [-0.4, -0.2) is 46.4 Å². The van der Waals surface area contributed by atoms with Gasteiger partial charge in [-0.2, -0.15) is 0 Å². The quantitative estimate of drug-likeness (QED) is 0.797. The van der Waals surface area contributed by atoms with Gasteiger partial charge in [-0.25, -0.2) is 12.7 Å². The largest absolute Gasteiger partial charge is 0.495 e. The Balaban J connectivity index is 1.81. The first-order chi connectivity index (χ1) is 13.2. The van der Waals surface area contributed by atoms with Gasteiger partial charge in [-0.3, -0.25) is 4.79 Å². The number of ether oxygens (including phenoxy) is 2. The van der Waals surface area contributed by atoms with Crippen LogP contribution in [0.25, 0.3) is 0 Å². The van der Waals surface area contributed by atoms with Crippen LogP contribution in [-0.2, 0) is 21.2 Å². The summed E-state index contributed by atoms with van der Waals surface area (Å²) in [4.78, 5) is 12.7. The van der Waals surface area contributed by atoms with E-state index in [0.29, 0.717) is 17.1 Å². The lowest BCUT2D eigenvalue weighted by Gasteiger charge is -2.25. The van der Waals surface area contributed by atoms with Gasteiger partial charge in [-0.15, -0.1) is 0 Å². The molecule has 0 spiro atoms. The summed E-state index contributed by atoms with van der Waals surface area (Å²) in [6.07, 6.45) is 0.487. The summed E-state index contributed by atoms with van der Waals surface area (Å²) in [6.45, 7) is 0.236. The summed E-state index contributed by atoms with van der Waals surface area (Å²) in [7, 11) is 0.528. The topological polar surface area (TPSA) is 84.9 Å². The van der Waals surface area contributed by atoms with E-state index in [4.69, 9.17) is 21.1 Å². The molecular weight excluding hydrogens is 404 g/mol. The number of carbonyl (C=O) groups excluding carboxylic acids is 1. The van der Waals surface area contributed by atoms with Crippen LogP contribution in [0.5, 0.6) is 11.5 Å². The number of nitrogens with one attached hydrogen (secondary N) is 1. The summed E-state index contributed by atoms with van der Waals surface area (Å²) < 4.78 is 36.9. The summed E-state index contributed by atoms with van der Waals surface area (Å²) in [5.41, 5.74) is 1.23. The standard InChI is InChI=1S/C19H21ClN2O5S/c1-22(2)28(24,25)18-10-15(5-7-17(18)26-3)21-19(23)13-8-12-9-14(20)4-6-16(12)27-11-13/h4-7,9-10,13H,8,11H2,1-3H3,(H,21,23). The van der Waals surface area contributed by atoms with Gasteiger partial charge in [-0.05, 0) is 48.4 Å². The van der Waals surface area contributed by atoms with E-state index in [9.17, 15) is 13.2 Å². The number of sulfonamides is 1. The van der Waals surface area contributed by atoms with Gasteiger partial charge >= 0.3 is 0 Å². The number of hydrogen-bond donors (Lipinski definition) is 1. The van der Waals surface area contributed by atoms with Crippen molar-refractivity contribution in [3.8, 4) is 11.5 Å². The van der Waals surface area contributed by atoms with Gasteiger partial charge in [0.2, 0.25) is 15.9 Å². The van der Waals surface area contributed by atoms with Gasteiger partial charge in [0, 0.05) is 24.8 Å². The fraction of sp³-hybridized carbons (Fsp3) is 0.316. The summed E-state index contributed by atoms with van der Waals surface area (Å²) in [5.74, 6) is 0.250. The van der Waals surface area contributed by atoms with E-state index in [1.165, 1.54) is 33.3 Å². The highest BCUT2D eigenvalue weighted by atomic mass is 35.5. The predicted octanol–water partition coefficient (Wildman–Crippen LogP) is 2.79. The Morgan fingerprint density at radius 3 is 2.68 bits per heavy atom. The van der Waals surface area contributed by atoms with E-state index in [2.05, 4.69) is 5.32 Å². The molecule has 0 fully saturated rings. The number of fused-ring (bicyclic) bond motifs is 1. The molecule has 1 aliphatic heterocycles. The highest BCUT2D eigenvalue weighted by Gasteiger charge is 2.27. The lowest BCUT2D eigenvalue weighted by molar-refractivity contribution is -0.121. The van der Waals surface area contributed by atoms with Crippen molar-refractivity contribution in [3.63, 3.8) is 0 Å². The third kappa shape index (κ3) is 4.09. The van der Waals surface area contributed by atoms with Gasteiger partial charge in [-0.1, -0.05) is 11.6 Å². The van der Waals surface area contributed by atoms with E-state index in [-0.39, 0.29) is 23.2 Å². The summed E-state index contributed by atoms with van der Waals surface area (Å²) >= 11 is 6.02. The van der Waals surface area contributed by atoms with Gasteiger partial charge in [0.25, 0.3) is 0 Å². The van der Waals surface area contributed by atoms with Crippen molar-refractivity contribution >= 4 is 33.2 Å². The Hall–Kier alpha value is -2.29. The Bertz CT molecular complexity index is 1010. The lowest BCUT2D eigenvalue weighted by Crippen LogP contribution is -2.32. The molecule has 150 valence electrons. The zero-order valence-electron chi connectivity index (χ0n) is 15.7. The van der Waals surface area contributed by atoms with Gasteiger partial charge < -0.3 is 14.8 Å². The number of methoxy groups -OCH3 is 1. The number of benzene rings is 2. The molecule has 7 nitrogen and oxygen atoms in total. The highest BCUT2D eigenvalue weighted by Crippen LogP contribution is 2.32. The predicted molar refractivity (Wildman–Crippen MR) is 107 cm³/mol. The summed E-state index contributed by atoms with van der Waals surface area (Å²) in [6, 6.07) is 9.81. The van der Waals surface area contributed by atoms with E-state index in [0.717, 1.165) is 15.6 Å².